The van der Waals surface area contributed by atoms with Gasteiger partial charge in [-0.15, -0.1) is 5.06 Å². The Morgan fingerprint density at radius 2 is 2.06 bits per heavy atom. The molecule has 1 unspecified atom stereocenters. The van der Waals surface area contributed by atoms with Gasteiger partial charge in [0.1, 0.15) is 0 Å². The first kappa shape index (κ1) is 12.5. The highest BCUT2D eigenvalue weighted by molar-refractivity contribution is 5.89. The van der Waals surface area contributed by atoms with E-state index in [0.717, 1.165) is 0 Å². The van der Waals surface area contributed by atoms with E-state index in [2.05, 4.69) is 5.32 Å². The number of piperazine rings is 1. The largest absolute Gasteiger partial charge is 0.480 e. The number of carbonyl (C=O) groups is 2. The highest BCUT2D eigenvalue weighted by atomic mass is 16.7. The summed E-state index contributed by atoms with van der Waals surface area (Å²) >= 11 is 0. The van der Waals surface area contributed by atoms with E-state index in [1.807, 2.05) is 0 Å². The summed E-state index contributed by atoms with van der Waals surface area (Å²) in [4.78, 5) is 27.9. The van der Waals surface area contributed by atoms with Gasteiger partial charge in [0.25, 0.3) is 0 Å². The van der Waals surface area contributed by atoms with Gasteiger partial charge in [-0.2, -0.15) is 0 Å². The molecule has 0 aromatic heterocycles. The number of benzene rings is 1. The third-order valence-electron chi connectivity index (χ3n) is 2.69. The summed E-state index contributed by atoms with van der Waals surface area (Å²) in [6.45, 7) is 1.21. The maximum absolute atomic E-state index is 11.8. The Morgan fingerprint density at radius 1 is 1.33 bits per heavy atom. The van der Waals surface area contributed by atoms with Crippen molar-refractivity contribution in [2.75, 3.05) is 19.6 Å². The number of carbonyl (C=O) groups excluding carboxylic acids is 1. The summed E-state index contributed by atoms with van der Waals surface area (Å²) in [6.07, 6.45) is 0. The molecule has 0 saturated carbocycles. The Kier molecular flexibility index (Phi) is 3.91. The number of hydrogen-bond acceptors (Lipinski definition) is 5. The predicted molar refractivity (Wildman–Crippen MR) is 62.9 cm³/mol. The number of rotatable bonds is 3. The zero-order valence-electron chi connectivity index (χ0n) is 9.70. The van der Waals surface area contributed by atoms with Crippen LogP contribution in [0.4, 0.5) is 0 Å². The summed E-state index contributed by atoms with van der Waals surface area (Å²) in [5.41, 5.74) is 0.403. The molecule has 2 N–H and O–H groups in total. The minimum atomic E-state index is -1.01. The Balaban J connectivity index is 2.03. The number of hydroxylamine groups is 2. The molecule has 1 atom stereocenters. The van der Waals surface area contributed by atoms with Crippen LogP contribution in [0.3, 0.4) is 0 Å². The number of carboxylic acids is 1. The lowest BCUT2D eigenvalue weighted by atomic mass is 10.2. The lowest BCUT2D eigenvalue weighted by molar-refractivity contribution is -0.175. The van der Waals surface area contributed by atoms with Gasteiger partial charge in [0, 0.05) is 19.6 Å². The molecule has 1 saturated heterocycles. The fraction of sp³-hybridized carbons (Fsp3) is 0.333. The van der Waals surface area contributed by atoms with Gasteiger partial charge in [0.15, 0.2) is 6.04 Å². The maximum Gasteiger partial charge on any atom is 0.357 e. The zero-order chi connectivity index (χ0) is 13.0. The van der Waals surface area contributed by atoms with Crippen molar-refractivity contribution in [2.24, 2.45) is 0 Å². The van der Waals surface area contributed by atoms with Crippen molar-refractivity contribution < 1.29 is 19.5 Å². The summed E-state index contributed by atoms with van der Waals surface area (Å²) in [5.74, 6) is -1.55. The van der Waals surface area contributed by atoms with E-state index < -0.39 is 18.0 Å². The van der Waals surface area contributed by atoms with E-state index in [1.165, 1.54) is 5.06 Å². The number of aliphatic carboxylic acids is 1. The minimum absolute atomic E-state index is 0.261. The second-order valence-corrected chi connectivity index (χ2v) is 3.94. The van der Waals surface area contributed by atoms with Crippen molar-refractivity contribution in [3.8, 4) is 0 Å². The van der Waals surface area contributed by atoms with E-state index in [1.54, 1.807) is 30.3 Å². The van der Waals surface area contributed by atoms with Crippen molar-refractivity contribution in [1.29, 1.82) is 0 Å². The first-order valence-corrected chi connectivity index (χ1v) is 5.66. The van der Waals surface area contributed by atoms with E-state index in [9.17, 15) is 9.59 Å². The number of hydrogen-bond donors (Lipinski definition) is 2. The predicted octanol–water partition coefficient (Wildman–Crippen LogP) is 0.117. The van der Waals surface area contributed by atoms with Gasteiger partial charge in [-0.1, -0.05) is 18.2 Å². The van der Waals surface area contributed by atoms with E-state index in [-0.39, 0.29) is 6.54 Å². The normalized spacial score (nSPS) is 20.3. The molecule has 0 amide bonds. The molecule has 18 heavy (non-hydrogen) atoms. The molecule has 0 bridgehead atoms. The third kappa shape index (κ3) is 2.85. The van der Waals surface area contributed by atoms with Crippen molar-refractivity contribution in [3.05, 3.63) is 35.9 Å². The third-order valence-corrected chi connectivity index (χ3v) is 2.69. The van der Waals surface area contributed by atoms with Crippen LogP contribution in [0.2, 0.25) is 0 Å². The van der Waals surface area contributed by atoms with Crippen LogP contribution in [0, 0.1) is 0 Å². The molecule has 2 rings (SSSR count). The smallest absolute Gasteiger partial charge is 0.357 e. The lowest BCUT2D eigenvalue weighted by Crippen LogP contribution is -2.55. The molecular weight excluding hydrogens is 236 g/mol. The van der Waals surface area contributed by atoms with Crippen molar-refractivity contribution in [3.63, 3.8) is 0 Å². The SMILES string of the molecule is O=C(ON1CCNCC1C(=O)O)c1ccccc1. The second-order valence-electron chi connectivity index (χ2n) is 3.94. The molecule has 1 aromatic carbocycles. The molecule has 0 aliphatic carbocycles. The zero-order valence-corrected chi connectivity index (χ0v) is 9.70. The van der Waals surface area contributed by atoms with Gasteiger partial charge in [-0.3, -0.25) is 4.79 Å². The highest BCUT2D eigenvalue weighted by Gasteiger charge is 2.31. The van der Waals surface area contributed by atoms with Gasteiger partial charge < -0.3 is 15.3 Å². The monoisotopic (exact) mass is 250 g/mol. The quantitative estimate of drug-likeness (QED) is 0.793. The Hall–Kier alpha value is -1.92. The van der Waals surface area contributed by atoms with Gasteiger partial charge in [-0.05, 0) is 12.1 Å². The van der Waals surface area contributed by atoms with Gasteiger partial charge in [0.2, 0.25) is 0 Å². The van der Waals surface area contributed by atoms with Crippen LogP contribution in [-0.2, 0) is 9.63 Å². The summed E-state index contributed by atoms with van der Waals surface area (Å²) in [5, 5.41) is 13.2. The van der Waals surface area contributed by atoms with Crippen LogP contribution in [0.25, 0.3) is 0 Å². The van der Waals surface area contributed by atoms with Crippen LogP contribution in [-0.4, -0.2) is 47.8 Å². The average Bonchev–Trinajstić information content (AvgIpc) is 2.40. The molecule has 6 heteroatoms. The molecule has 1 aliphatic heterocycles. The number of nitrogens with one attached hydrogen (secondary N) is 1. The van der Waals surface area contributed by atoms with Gasteiger partial charge in [0.05, 0.1) is 5.56 Å². The van der Waals surface area contributed by atoms with Crippen LogP contribution >= 0.6 is 0 Å². The van der Waals surface area contributed by atoms with Gasteiger partial charge in [-0.25, -0.2) is 4.79 Å². The van der Waals surface area contributed by atoms with Crippen molar-refractivity contribution in [1.82, 2.24) is 10.4 Å². The molecule has 0 radical (unpaired) electrons. The first-order chi connectivity index (χ1) is 8.68. The molecule has 0 spiro atoms. The van der Waals surface area contributed by atoms with Crippen molar-refractivity contribution in [2.45, 2.75) is 6.04 Å². The minimum Gasteiger partial charge on any atom is -0.480 e. The van der Waals surface area contributed by atoms with E-state index in [0.29, 0.717) is 18.7 Å². The summed E-state index contributed by atoms with van der Waals surface area (Å²) in [7, 11) is 0. The molecular formula is C12H14N2O4. The number of nitrogens with zero attached hydrogens (tertiary/aromatic N) is 1. The van der Waals surface area contributed by atoms with Crippen LogP contribution < -0.4 is 5.32 Å². The molecule has 1 aliphatic rings. The van der Waals surface area contributed by atoms with Crippen LogP contribution in [0.1, 0.15) is 10.4 Å². The second kappa shape index (κ2) is 5.61. The highest BCUT2D eigenvalue weighted by Crippen LogP contribution is 2.08. The van der Waals surface area contributed by atoms with Crippen molar-refractivity contribution >= 4 is 11.9 Å². The van der Waals surface area contributed by atoms with E-state index >= 15 is 0 Å². The lowest BCUT2D eigenvalue weighted by Gasteiger charge is -2.31. The molecule has 6 nitrogen and oxygen atoms in total. The standard InChI is InChI=1S/C12H14N2O4/c15-11(16)10-8-13-6-7-14(10)18-12(17)9-4-2-1-3-5-9/h1-5,10,13H,6-8H2,(H,15,16). The Labute approximate surface area is 104 Å². The molecule has 1 aromatic rings. The average molecular weight is 250 g/mol. The first-order valence-electron chi connectivity index (χ1n) is 5.66. The fourth-order valence-electron chi connectivity index (χ4n) is 1.74. The fourth-order valence-corrected chi connectivity index (χ4v) is 1.74. The maximum atomic E-state index is 11.8. The van der Waals surface area contributed by atoms with Crippen LogP contribution in [0.15, 0.2) is 30.3 Å². The Bertz CT molecular complexity index is 435. The number of carboxylic acid groups (broad SMARTS) is 1. The van der Waals surface area contributed by atoms with Gasteiger partial charge >= 0.3 is 11.9 Å². The Morgan fingerprint density at radius 3 is 2.72 bits per heavy atom. The summed E-state index contributed by atoms with van der Waals surface area (Å²) in [6, 6.07) is 7.65. The summed E-state index contributed by atoms with van der Waals surface area (Å²) < 4.78 is 0. The van der Waals surface area contributed by atoms with Crippen LogP contribution in [0.5, 0.6) is 0 Å². The van der Waals surface area contributed by atoms with E-state index in [4.69, 9.17) is 9.94 Å². The topological polar surface area (TPSA) is 78.9 Å². The molecule has 96 valence electrons. The molecule has 1 fully saturated rings. The molecule has 1 heterocycles.